The zero-order valence-corrected chi connectivity index (χ0v) is 10.2. The number of carbonyl (C=O) groups is 1. The van der Waals surface area contributed by atoms with E-state index in [4.69, 9.17) is 5.73 Å². The number of hydrogen-bond acceptors (Lipinski definition) is 3. The Morgan fingerprint density at radius 2 is 1.79 bits per heavy atom. The lowest BCUT2D eigenvalue weighted by molar-refractivity contribution is -0.110. The molecule has 1 heterocycles. The van der Waals surface area contributed by atoms with Gasteiger partial charge in [-0.2, -0.15) is 0 Å². The van der Waals surface area contributed by atoms with E-state index in [1.165, 1.54) is 0 Å². The summed E-state index contributed by atoms with van der Waals surface area (Å²) in [6.07, 6.45) is 1.71. The van der Waals surface area contributed by atoms with Gasteiger partial charge < -0.3 is 16.4 Å². The minimum atomic E-state index is -0.0934. The molecule has 0 aliphatic carbocycles. The van der Waals surface area contributed by atoms with Crippen molar-refractivity contribution in [2.75, 3.05) is 16.4 Å². The van der Waals surface area contributed by atoms with Crippen molar-refractivity contribution in [3.63, 3.8) is 0 Å². The lowest BCUT2D eigenvalue weighted by Crippen LogP contribution is -2.05. The van der Waals surface area contributed by atoms with Gasteiger partial charge in [0, 0.05) is 28.8 Å². The molecular weight excluding hydrogens is 238 g/mol. The predicted octanol–water partition coefficient (Wildman–Crippen LogP) is 2.67. The van der Waals surface area contributed by atoms with E-state index in [1.54, 1.807) is 6.20 Å². The van der Waals surface area contributed by atoms with Gasteiger partial charge in [0.05, 0.1) is 5.57 Å². The van der Waals surface area contributed by atoms with Gasteiger partial charge in [-0.15, -0.1) is 0 Å². The molecule has 2 aromatic rings. The number of benzene rings is 2. The Balaban J connectivity index is 1.88. The largest absolute Gasteiger partial charge is 0.399 e. The maximum Gasteiger partial charge on any atom is 0.257 e. The molecule has 4 heteroatoms. The van der Waals surface area contributed by atoms with Gasteiger partial charge in [0.1, 0.15) is 0 Å². The number of nitrogen functional groups attached to an aromatic ring is 1. The Hall–Kier alpha value is -2.75. The highest BCUT2D eigenvalue weighted by molar-refractivity contribution is 6.31. The lowest BCUT2D eigenvalue weighted by atomic mass is 10.1. The predicted molar refractivity (Wildman–Crippen MR) is 77.5 cm³/mol. The molecule has 0 radical (unpaired) electrons. The first-order valence-corrected chi connectivity index (χ1v) is 5.97. The summed E-state index contributed by atoms with van der Waals surface area (Å²) in [5.74, 6) is -0.0934. The quantitative estimate of drug-likeness (QED) is 0.568. The number of anilines is 3. The topological polar surface area (TPSA) is 67.1 Å². The zero-order valence-electron chi connectivity index (χ0n) is 10.2. The highest BCUT2D eigenvalue weighted by Gasteiger charge is 2.23. The van der Waals surface area contributed by atoms with Crippen molar-refractivity contribution in [2.24, 2.45) is 0 Å². The van der Waals surface area contributed by atoms with Gasteiger partial charge in [-0.25, -0.2) is 0 Å². The van der Waals surface area contributed by atoms with Gasteiger partial charge in [-0.05, 0) is 30.3 Å². The summed E-state index contributed by atoms with van der Waals surface area (Å²) in [4.78, 5) is 11.9. The van der Waals surface area contributed by atoms with Crippen LogP contribution in [-0.4, -0.2) is 5.91 Å². The molecule has 0 aromatic heterocycles. The first-order chi connectivity index (χ1) is 9.24. The first-order valence-electron chi connectivity index (χ1n) is 5.97. The van der Waals surface area contributed by atoms with E-state index >= 15 is 0 Å². The van der Waals surface area contributed by atoms with Crippen LogP contribution in [0.1, 0.15) is 5.56 Å². The number of hydrogen-bond donors (Lipinski definition) is 3. The molecule has 1 amide bonds. The van der Waals surface area contributed by atoms with Crippen LogP contribution in [-0.2, 0) is 4.79 Å². The van der Waals surface area contributed by atoms with Crippen LogP contribution in [0.5, 0.6) is 0 Å². The molecular formula is C15H13N3O. The summed E-state index contributed by atoms with van der Waals surface area (Å²) >= 11 is 0. The molecule has 3 rings (SSSR count). The fraction of sp³-hybridized carbons (Fsp3) is 0. The average molecular weight is 251 g/mol. The van der Waals surface area contributed by atoms with Crippen molar-refractivity contribution in [1.82, 2.24) is 0 Å². The average Bonchev–Trinajstić information content (AvgIpc) is 2.74. The molecule has 0 fully saturated rings. The SMILES string of the molecule is Nc1ccc(NC=C2C(=O)Nc3ccccc32)cc1. The number of para-hydroxylation sites is 1. The molecule has 0 bridgehead atoms. The number of nitrogens with one attached hydrogen (secondary N) is 2. The summed E-state index contributed by atoms with van der Waals surface area (Å²) < 4.78 is 0. The van der Waals surface area contributed by atoms with Crippen LogP contribution >= 0.6 is 0 Å². The Kier molecular flexibility index (Phi) is 2.68. The van der Waals surface area contributed by atoms with Gasteiger partial charge in [0.15, 0.2) is 0 Å². The van der Waals surface area contributed by atoms with Gasteiger partial charge >= 0.3 is 0 Å². The van der Waals surface area contributed by atoms with Crippen molar-refractivity contribution in [3.05, 3.63) is 60.3 Å². The zero-order chi connectivity index (χ0) is 13.2. The van der Waals surface area contributed by atoms with Crippen LogP contribution < -0.4 is 16.4 Å². The molecule has 0 saturated carbocycles. The summed E-state index contributed by atoms with van der Waals surface area (Å²) in [7, 11) is 0. The van der Waals surface area contributed by atoms with Gasteiger partial charge in [0.25, 0.3) is 5.91 Å². The fourth-order valence-corrected chi connectivity index (χ4v) is 2.02. The maximum atomic E-state index is 11.9. The van der Waals surface area contributed by atoms with Crippen LogP contribution in [0.15, 0.2) is 54.7 Å². The summed E-state index contributed by atoms with van der Waals surface area (Å²) in [5, 5.41) is 5.93. The van der Waals surface area contributed by atoms with Crippen LogP contribution in [0.25, 0.3) is 5.57 Å². The molecule has 0 spiro atoms. The molecule has 0 unspecified atom stereocenters. The van der Waals surface area contributed by atoms with Gasteiger partial charge in [-0.3, -0.25) is 4.79 Å². The first kappa shape index (κ1) is 11.3. The third-order valence-electron chi connectivity index (χ3n) is 3.00. The second-order valence-electron chi connectivity index (χ2n) is 4.32. The molecule has 4 nitrogen and oxygen atoms in total. The Morgan fingerprint density at radius 3 is 2.58 bits per heavy atom. The van der Waals surface area contributed by atoms with E-state index in [0.717, 1.165) is 16.9 Å². The van der Waals surface area contributed by atoms with E-state index in [-0.39, 0.29) is 5.91 Å². The van der Waals surface area contributed by atoms with E-state index in [9.17, 15) is 4.79 Å². The molecule has 1 aliphatic rings. The van der Waals surface area contributed by atoms with E-state index in [0.29, 0.717) is 11.3 Å². The van der Waals surface area contributed by atoms with Gasteiger partial charge in [0.2, 0.25) is 0 Å². The molecule has 19 heavy (non-hydrogen) atoms. The summed E-state index contributed by atoms with van der Waals surface area (Å²) in [6.45, 7) is 0. The molecule has 94 valence electrons. The van der Waals surface area contributed by atoms with Crippen molar-refractivity contribution >= 4 is 28.5 Å². The second kappa shape index (κ2) is 4.49. The highest BCUT2D eigenvalue weighted by Crippen LogP contribution is 2.31. The number of fused-ring (bicyclic) bond motifs is 1. The Labute approximate surface area is 110 Å². The third kappa shape index (κ3) is 2.15. The minimum absolute atomic E-state index is 0.0934. The smallest absolute Gasteiger partial charge is 0.257 e. The third-order valence-corrected chi connectivity index (χ3v) is 3.00. The highest BCUT2D eigenvalue weighted by atomic mass is 16.2. The maximum absolute atomic E-state index is 11.9. The van der Waals surface area contributed by atoms with E-state index in [2.05, 4.69) is 10.6 Å². The van der Waals surface area contributed by atoms with Crippen molar-refractivity contribution in [2.45, 2.75) is 0 Å². The van der Waals surface area contributed by atoms with E-state index < -0.39 is 0 Å². The molecule has 1 aliphatic heterocycles. The second-order valence-corrected chi connectivity index (χ2v) is 4.32. The Morgan fingerprint density at radius 1 is 1.05 bits per heavy atom. The van der Waals surface area contributed by atoms with E-state index in [1.807, 2.05) is 48.5 Å². The number of carbonyl (C=O) groups excluding carboxylic acids is 1. The normalized spacial score (nSPS) is 15.2. The fourth-order valence-electron chi connectivity index (χ4n) is 2.02. The van der Waals surface area contributed by atoms with Crippen molar-refractivity contribution < 1.29 is 4.79 Å². The van der Waals surface area contributed by atoms with Crippen LogP contribution in [0.3, 0.4) is 0 Å². The Bertz CT molecular complexity index is 659. The van der Waals surface area contributed by atoms with Gasteiger partial charge in [-0.1, -0.05) is 18.2 Å². The number of amides is 1. The molecule has 0 atom stereocenters. The lowest BCUT2D eigenvalue weighted by Gasteiger charge is -2.02. The number of rotatable bonds is 2. The molecule has 0 saturated heterocycles. The summed E-state index contributed by atoms with van der Waals surface area (Å²) in [6, 6.07) is 15.0. The standard InChI is InChI=1S/C15H13N3O/c16-10-5-7-11(8-6-10)17-9-13-12-3-1-2-4-14(12)18-15(13)19/h1-9,17H,16H2,(H,18,19). The van der Waals surface area contributed by atoms with Crippen LogP contribution in [0.4, 0.5) is 17.1 Å². The van der Waals surface area contributed by atoms with Crippen molar-refractivity contribution in [1.29, 1.82) is 0 Å². The molecule has 2 aromatic carbocycles. The van der Waals surface area contributed by atoms with Crippen LogP contribution in [0, 0.1) is 0 Å². The minimum Gasteiger partial charge on any atom is -0.399 e. The molecule has 4 N–H and O–H groups in total. The number of nitrogens with two attached hydrogens (primary N) is 1. The summed E-state index contributed by atoms with van der Waals surface area (Å²) in [5.41, 5.74) is 9.61. The van der Waals surface area contributed by atoms with Crippen LogP contribution in [0.2, 0.25) is 0 Å². The monoisotopic (exact) mass is 251 g/mol. The van der Waals surface area contributed by atoms with Crippen molar-refractivity contribution in [3.8, 4) is 0 Å².